The predicted molar refractivity (Wildman–Crippen MR) is 100 cm³/mol. The van der Waals surface area contributed by atoms with Crippen LogP contribution in [0.25, 0.3) is 0 Å². The smallest absolute Gasteiger partial charge is 0.338 e. The average molecular weight is 389 g/mol. The summed E-state index contributed by atoms with van der Waals surface area (Å²) in [5, 5.41) is 0.545. The van der Waals surface area contributed by atoms with Gasteiger partial charge in [0.05, 0.1) is 10.8 Å². The highest BCUT2D eigenvalue weighted by atomic mass is 16.7. The third-order valence-corrected chi connectivity index (χ3v) is 4.87. The van der Waals surface area contributed by atoms with Crippen LogP contribution in [0.15, 0.2) is 30.3 Å². The van der Waals surface area contributed by atoms with E-state index in [1.54, 1.807) is 27.7 Å². The Morgan fingerprint density at radius 2 is 1.39 bits per heavy atom. The number of benzene rings is 1. The average Bonchev–Trinajstić information content (AvgIpc) is 2.97. The highest BCUT2D eigenvalue weighted by Gasteiger charge is 2.40. The molecule has 0 saturated carbocycles. The fourth-order valence-electron chi connectivity index (χ4n) is 2.61. The van der Waals surface area contributed by atoms with Gasteiger partial charge in [-0.05, 0) is 46.1 Å². The summed E-state index contributed by atoms with van der Waals surface area (Å²) in [5.74, 6) is -2.06. The molecule has 7 heteroatoms. The lowest BCUT2D eigenvalue weighted by atomic mass is 9.79. The number of rotatable bonds is 8. The summed E-state index contributed by atoms with van der Waals surface area (Å²) in [5.41, 5.74) is -0.873. The number of carbonyl (C=O) groups excluding carboxylic acids is 4. The van der Waals surface area contributed by atoms with E-state index in [0.29, 0.717) is 17.9 Å². The largest absolute Gasteiger partial charge is 0.460 e. The topological polar surface area (TPSA) is 90.0 Å². The molecule has 0 bridgehead atoms. The summed E-state index contributed by atoms with van der Waals surface area (Å²) in [6.45, 7) is 7.02. The summed E-state index contributed by atoms with van der Waals surface area (Å²) in [6.07, 6.45) is 0.805. The van der Waals surface area contributed by atoms with Gasteiger partial charge in [-0.1, -0.05) is 30.3 Å². The highest BCUT2D eigenvalue weighted by molar-refractivity contribution is 6.01. The second-order valence-corrected chi connectivity index (χ2v) is 8.29. The van der Waals surface area contributed by atoms with Crippen molar-refractivity contribution in [2.24, 2.45) is 10.8 Å². The van der Waals surface area contributed by atoms with Crippen molar-refractivity contribution in [3.63, 3.8) is 0 Å². The fraction of sp³-hybridized carbons (Fsp3) is 0.524. The van der Waals surface area contributed by atoms with E-state index in [4.69, 9.17) is 9.57 Å². The first kappa shape index (κ1) is 21.6. The molecule has 1 aromatic rings. The maximum atomic E-state index is 12.5. The third kappa shape index (κ3) is 5.41. The number of imide groups is 1. The first-order chi connectivity index (χ1) is 13.0. The molecule has 28 heavy (non-hydrogen) atoms. The summed E-state index contributed by atoms with van der Waals surface area (Å²) in [6, 6.07) is 9.39. The van der Waals surface area contributed by atoms with Gasteiger partial charge in [0.1, 0.15) is 6.61 Å². The number of ether oxygens (including phenoxy) is 1. The lowest BCUT2D eigenvalue weighted by molar-refractivity contribution is -0.204. The lowest BCUT2D eigenvalue weighted by Gasteiger charge is -2.29. The Hall–Kier alpha value is -2.70. The zero-order valence-electron chi connectivity index (χ0n) is 16.8. The van der Waals surface area contributed by atoms with E-state index in [-0.39, 0.29) is 25.4 Å². The van der Waals surface area contributed by atoms with Crippen LogP contribution in [0.5, 0.6) is 0 Å². The standard InChI is InChI=1S/C21H27NO6/c1-20(2,18(25)27-14-15-8-6-5-7-9-15)12-13-21(3,4)19(26)28-22-16(23)10-11-17(22)24/h5-9H,10-14H2,1-4H3. The van der Waals surface area contributed by atoms with Crippen molar-refractivity contribution in [3.8, 4) is 0 Å². The summed E-state index contributed by atoms with van der Waals surface area (Å²) in [7, 11) is 0. The Balaban J connectivity index is 1.88. The van der Waals surface area contributed by atoms with Crippen molar-refractivity contribution in [2.45, 2.75) is 60.0 Å². The zero-order chi connectivity index (χ0) is 20.9. The molecular weight excluding hydrogens is 362 g/mol. The van der Waals surface area contributed by atoms with E-state index in [2.05, 4.69) is 0 Å². The van der Waals surface area contributed by atoms with Crippen molar-refractivity contribution >= 4 is 23.8 Å². The first-order valence-corrected chi connectivity index (χ1v) is 9.32. The lowest BCUT2D eigenvalue weighted by Crippen LogP contribution is -2.38. The molecule has 2 amide bonds. The minimum Gasteiger partial charge on any atom is -0.460 e. The number of hydrogen-bond donors (Lipinski definition) is 0. The zero-order valence-corrected chi connectivity index (χ0v) is 16.8. The number of esters is 1. The summed E-state index contributed by atoms with van der Waals surface area (Å²) in [4.78, 5) is 53.1. The molecule has 0 atom stereocenters. The van der Waals surface area contributed by atoms with E-state index >= 15 is 0 Å². The van der Waals surface area contributed by atoms with E-state index in [1.807, 2.05) is 30.3 Å². The Morgan fingerprint density at radius 3 is 1.93 bits per heavy atom. The van der Waals surface area contributed by atoms with Gasteiger partial charge in [-0.2, -0.15) is 0 Å². The monoisotopic (exact) mass is 389 g/mol. The SMILES string of the molecule is CC(C)(CCC(C)(C)C(=O)ON1C(=O)CCC1=O)C(=O)OCc1ccccc1. The minimum absolute atomic E-state index is 0.0484. The predicted octanol–water partition coefficient (Wildman–Crippen LogP) is 3.17. The van der Waals surface area contributed by atoms with Gasteiger partial charge in [0, 0.05) is 12.8 Å². The quantitative estimate of drug-likeness (QED) is 0.501. The third-order valence-electron chi connectivity index (χ3n) is 4.87. The Bertz CT molecular complexity index is 737. The van der Waals surface area contributed by atoms with Crippen molar-refractivity contribution < 1.29 is 28.8 Å². The van der Waals surface area contributed by atoms with Crippen molar-refractivity contribution in [3.05, 3.63) is 35.9 Å². The molecule has 0 unspecified atom stereocenters. The van der Waals surface area contributed by atoms with Gasteiger partial charge in [-0.15, -0.1) is 5.06 Å². The summed E-state index contributed by atoms with van der Waals surface area (Å²) >= 11 is 0. The van der Waals surface area contributed by atoms with Crippen LogP contribution in [0.4, 0.5) is 0 Å². The summed E-state index contributed by atoms with van der Waals surface area (Å²) < 4.78 is 5.40. The van der Waals surface area contributed by atoms with Gasteiger partial charge in [-0.3, -0.25) is 14.4 Å². The van der Waals surface area contributed by atoms with Gasteiger partial charge in [0.25, 0.3) is 11.8 Å². The molecule has 0 aliphatic carbocycles. The Kier molecular flexibility index (Phi) is 6.59. The molecule has 0 radical (unpaired) electrons. The highest BCUT2D eigenvalue weighted by Crippen LogP contribution is 2.33. The molecular formula is C21H27NO6. The van der Waals surface area contributed by atoms with E-state index in [9.17, 15) is 19.2 Å². The van der Waals surface area contributed by atoms with Gasteiger partial charge in [0.15, 0.2) is 0 Å². The number of amides is 2. The Morgan fingerprint density at radius 1 is 0.893 bits per heavy atom. The maximum Gasteiger partial charge on any atom is 0.338 e. The normalized spacial score (nSPS) is 14.9. The number of hydrogen-bond acceptors (Lipinski definition) is 6. The van der Waals surface area contributed by atoms with Crippen LogP contribution in [0.2, 0.25) is 0 Å². The molecule has 1 aromatic carbocycles. The molecule has 2 rings (SSSR count). The van der Waals surface area contributed by atoms with E-state index in [0.717, 1.165) is 5.56 Å². The second-order valence-electron chi connectivity index (χ2n) is 8.29. The van der Waals surface area contributed by atoms with Crippen LogP contribution in [0, 0.1) is 10.8 Å². The van der Waals surface area contributed by atoms with Gasteiger partial charge >= 0.3 is 11.9 Å². The molecule has 1 aliphatic rings. The van der Waals surface area contributed by atoms with Gasteiger partial charge in [-0.25, -0.2) is 4.79 Å². The maximum absolute atomic E-state index is 12.5. The van der Waals surface area contributed by atoms with E-state index < -0.39 is 28.6 Å². The molecule has 1 fully saturated rings. The van der Waals surface area contributed by atoms with Crippen LogP contribution in [0.3, 0.4) is 0 Å². The molecule has 1 heterocycles. The number of carbonyl (C=O) groups is 4. The molecule has 0 spiro atoms. The van der Waals surface area contributed by atoms with Gasteiger partial charge < -0.3 is 9.57 Å². The first-order valence-electron chi connectivity index (χ1n) is 9.32. The second kappa shape index (κ2) is 8.54. The van der Waals surface area contributed by atoms with Crippen molar-refractivity contribution in [1.29, 1.82) is 0 Å². The molecule has 152 valence electrons. The van der Waals surface area contributed by atoms with Crippen LogP contribution in [0.1, 0.15) is 58.9 Å². The van der Waals surface area contributed by atoms with E-state index in [1.165, 1.54) is 0 Å². The molecule has 0 N–H and O–H groups in total. The number of hydroxylamine groups is 2. The molecule has 7 nitrogen and oxygen atoms in total. The molecule has 0 aromatic heterocycles. The number of nitrogens with zero attached hydrogens (tertiary/aromatic N) is 1. The van der Waals surface area contributed by atoms with Crippen molar-refractivity contribution in [1.82, 2.24) is 5.06 Å². The van der Waals surface area contributed by atoms with Crippen LogP contribution in [-0.2, 0) is 35.4 Å². The molecule has 1 aliphatic heterocycles. The van der Waals surface area contributed by atoms with Crippen LogP contribution < -0.4 is 0 Å². The van der Waals surface area contributed by atoms with Crippen LogP contribution in [-0.4, -0.2) is 28.8 Å². The minimum atomic E-state index is -0.972. The Labute approximate surface area is 164 Å². The molecule has 1 saturated heterocycles. The van der Waals surface area contributed by atoms with Crippen LogP contribution >= 0.6 is 0 Å². The fourth-order valence-corrected chi connectivity index (χ4v) is 2.61. The van der Waals surface area contributed by atoms with Crippen molar-refractivity contribution in [2.75, 3.05) is 0 Å². The van der Waals surface area contributed by atoms with Gasteiger partial charge in [0.2, 0.25) is 0 Å².